The van der Waals surface area contributed by atoms with Gasteiger partial charge in [0, 0.05) is 18.1 Å². The number of hydrogen-bond donors (Lipinski definition) is 1. The van der Waals surface area contributed by atoms with Gasteiger partial charge in [-0.15, -0.1) is 0 Å². The van der Waals surface area contributed by atoms with Crippen molar-refractivity contribution in [2.75, 3.05) is 6.54 Å². The van der Waals surface area contributed by atoms with Crippen LogP contribution in [0.15, 0.2) is 36.5 Å². The van der Waals surface area contributed by atoms with Crippen LogP contribution in [0.3, 0.4) is 0 Å². The van der Waals surface area contributed by atoms with E-state index in [0.29, 0.717) is 18.7 Å². The van der Waals surface area contributed by atoms with Crippen LogP contribution >= 0.6 is 0 Å². The first-order chi connectivity index (χ1) is 9.66. The third-order valence-corrected chi connectivity index (χ3v) is 3.65. The molecule has 2 aromatic rings. The van der Waals surface area contributed by atoms with Crippen molar-refractivity contribution in [1.29, 1.82) is 0 Å². The number of aromatic nitrogens is 1. The first-order valence-corrected chi connectivity index (χ1v) is 6.55. The topological polar surface area (TPSA) is 70.5 Å². The van der Waals surface area contributed by atoms with E-state index in [-0.39, 0.29) is 5.91 Å². The number of aliphatic carboxylic acids is 1. The summed E-state index contributed by atoms with van der Waals surface area (Å²) in [4.78, 5) is 29.1. The summed E-state index contributed by atoms with van der Waals surface area (Å²) in [6, 6.07) is 8.63. The second kappa shape index (κ2) is 4.92. The predicted octanol–water partition coefficient (Wildman–Crippen LogP) is 1.92. The number of carboxylic acids is 1. The van der Waals surface area contributed by atoms with Crippen LogP contribution in [0, 0.1) is 0 Å². The fraction of sp³-hybridized carbons (Fsp3) is 0.267. The Labute approximate surface area is 115 Å². The summed E-state index contributed by atoms with van der Waals surface area (Å²) in [5, 5.41) is 11.0. The second-order valence-electron chi connectivity index (χ2n) is 4.91. The lowest BCUT2D eigenvalue weighted by molar-refractivity contribution is -0.141. The van der Waals surface area contributed by atoms with Crippen molar-refractivity contribution < 1.29 is 14.7 Å². The molecule has 5 nitrogen and oxygen atoms in total. The zero-order valence-corrected chi connectivity index (χ0v) is 10.8. The Hall–Kier alpha value is -2.43. The number of nitrogens with zero attached hydrogens (tertiary/aromatic N) is 2. The molecule has 2 heterocycles. The minimum atomic E-state index is -0.948. The number of benzene rings is 1. The molecule has 0 radical (unpaired) electrons. The minimum Gasteiger partial charge on any atom is -0.480 e. The molecular weight excluding hydrogens is 256 g/mol. The summed E-state index contributed by atoms with van der Waals surface area (Å²) >= 11 is 0. The maximum absolute atomic E-state index is 12.4. The number of carbonyl (C=O) groups is 2. The molecule has 1 aliphatic heterocycles. The highest BCUT2D eigenvalue weighted by atomic mass is 16.4. The molecule has 1 N–H and O–H groups in total. The quantitative estimate of drug-likeness (QED) is 0.905. The normalized spacial score (nSPS) is 18.4. The molecule has 0 spiro atoms. The fourth-order valence-electron chi connectivity index (χ4n) is 2.61. The summed E-state index contributed by atoms with van der Waals surface area (Å²) in [6.07, 6.45) is 2.87. The van der Waals surface area contributed by atoms with Crippen LogP contribution in [0.2, 0.25) is 0 Å². The lowest BCUT2D eigenvalue weighted by atomic mass is 10.1. The summed E-state index contributed by atoms with van der Waals surface area (Å²) in [6.45, 7) is 0.476. The smallest absolute Gasteiger partial charge is 0.326 e. The van der Waals surface area contributed by atoms with E-state index in [0.717, 1.165) is 17.2 Å². The van der Waals surface area contributed by atoms with Crippen LogP contribution < -0.4 is 0 Å². The van der Waals surface area contributed by atoms with E-state index in [1.54, 1.807) is 12.3 Å². The lowest BCUT2D eigenvalue weighted by Crippen LogP contribution is -2.40. The molecule has 102 valence electrons. The molecule has 0 bridgehead atoms. The first-order valence-electron chi connectivity index (χ1n) is 6.55. The number of amides is 1. The maximum Gasteiger partial charge on any atom is 0.326 e. The van der Waals surface area contributed by atoms with Gasteiger partial charge in [0.2, 0.25) is 0 Å². The third-order valence-electron chi connectivity index (χ3n) is 3.65. The number of hydrogen-bond acceptors (Lipinski definition) is 3. The zero-order valence-electron chi connectivity index (χ0n) is 10.8. The van der Waals surface area contributed by atoms with Gasteiger partial charge in [-0.2, -0.15) is 0 Å². The van der Waals surface area contributed by atoms with E-state index in [1.165, 1.54) is 4.90 Å². The van der Waals surface area contributed by atoms with Crippen molar-refractivity contribution in [1.82, 2.24) is 9.88 Å². The van der Waals surface area contributed by atoms with Crippen molar-refractivity contribution >= 4 is 22.6 Å². The average Bonchev–Trinajstić information content (AvgIpc) is 2.95. The van der Waals surface area contributed by atoms with Gasteiger partial charge in [0.05, 0.1) is 0 Å². The van der Waals surface area contributed by atoms with Crippen molar-refractivity contribution in [2.45, 2.75) is 18.9 Å². The third kappa shape index (κ3) is 2.11. The number of carbonyl (C=O) groups excluding carboxylic acids is 1. The molecule has 1 fully saturated rings. The molecule has 0 saturated carbocycles. The molecule has 1 atom stereocenters. The Bertz CT molecular complexity index is 684. The standard InChI is InChI=1S/C15H14N2O3/c18-14(17-7-3-6-13(17)15(19)20)12-8-10-4-1-2-5-11(10)9-16-12/h1-2,4-5,8-9,13H,3,6-7H2,(H,19,20)/t13-/m0/s1. The fourth-order valence-corrected chi connectivity index (χ4v) is 2.61. The molecule has 0 aliphatic carbocycles. The van der Waals surface area contributed by atoms with Gasteiger partial charge in [0.15, 0.2) is 0 Å². The van der Waals surface area contributed by atoms with E-state index in [2.05, 4.69) is 4.98 Å². The van der Waals surface area contributed by atoms with Gasteiger partial charge in [-0.25, -0.2) is 4.79 Å². The van der Waals surface area contributed by atoms with E-state index in [9.17, 15) is 9.59 Å². The highest BCUT2D eigenvalue weighted by Crippen LogP contribution is 2.21. The Morgan fingerprint density at radius 2 is 2.00 bits per heavy atom. The second-order valence-corrected chi connectivity index (χ2v) is 4.91. The van der Waals surface area contributed by atoms with Gasteiger partial charge < -0.3 is 10.0 Å². The van der Waals surface area contributed by atoms with Crippen LogP contribution in [0.1, 0.15) is 23.3 Å². The number of likely N-dealkylation sites (tertiary alicyclic amines) is 1. The molecule has 20 heavy (non-hydrogen) atoms. The Balaban J connectivity index is 1.94. The molecule has 1 saturated heterocycles. The van der Waals surface area contributed by atoms with E-state index in [1.807, 2.05) is 24.3 Å². The summed E-state index contributed by atoms with van der Waals surface area (Å²) in [5.74, 6) is -1.25. The molecule has 5 heteroatoms. The first kappa shape index (κ1) is 12.6. The maximum atomic E-state index is 12.4. The van der Waals surface area contributed by atoms with Crippen molar-refractivity contribution in [3.05, 3.63) is 42.2 Å². The molecule has 1 aromatic carbocycles. The molecule has 3 rings (SSSR count). The van der Waals surface area contributed by atoms with Crippen molar-refractivity contribution in [3.63, 3.8) is 0 Å². The zero-order chi connectivity index (χ0) is 14.1. The largest absolute Gasteiger partial charge is 0.480 e. The summed E-state index contributed by atoms with van der Waals surface area (Å²) in [5.41, 5.74) is 0.303. The highest BCUT2D eigenvalue weighted by molar-refractivity contribution is 5.98. The Morgan fingerprint density at radius 3 is 2.75 bits per heavy atom. The SMILES string of the molecule is O=C(O)[C@@H]1CCCN1C(=O)c1cc2ccccc2cn1. The molecule has 1 aromatic heterocycles. The predicted molar refractivity (Wildman–Crippen MR) is 73.4 cm³/mol. The van der Waals surface area contributed by atoms with E-state index < -0.39 is 12.0 Å². The Kier molecular flexibility index (Phi) is 3.10. The number of rotatable bonds is 2. The summed E-state index contributed by atoms with van der Waals surface area (Å²) in [7, 11) is 0. The number of pyridine rings is 1. The van der Waals surface area contributed by atoms with Gasteiger partial charge in [-0.05, 0) is 24.3 Å². The van der Waals surface area contributed by atoms with Crippen LogP contribution in [-0.4, -0.2) is 39.5 Å². The van der Waals surface area contributed by atoms with Gasteiger partial charge in [0.1, 0.15) is 11.7 Å². The van der Waals surface area contributed by atoms with E-state index in [4.69, 9.17) is 5.11 Å². The van der Waals surface area contributed by atoms with E-state index >= 15 is 0 Å². The minimum absolute atomic E-state index is 0.303. The molecule has 0 unspecified atom stereocenters. The molecule has 1 amide bonds. The molecular formula is C15H14N2O3. The van der Waals surface area contributed by atoms with Crippen molar-refractivity contribution in [2.24, 2.45) is 0 Å². The van der Waals surface area contributed by atoms with Gasteiger partial charge in [-0.1, -0.05) is 24.3 Å². The van der Waals surface area contributed by atoms with Crippen LogP contribution in [0.25, 0.3) is 10.8 Å². The number of fused-ring (bicyclic) bond motifs is 1. The van der Waals surface area contributed by atoms with Crippen LogP contribution in [0.4, 0.5) is 0 Å². The van der Waals surface area contributed by atoms with Gasteiger partial charge in [0.25, 0.3) is 5.91 Å². The Morgan fingerprint density at radius 1 is 1.25 bits per heavy atom. The average molecular weight is 270 g/mol. The lowest BCUT2D eigenvalue weighted by Gasteiger charge is -2.20. The molecule has 1 aliphatic rings. The summed E-state index contributed by atoms with van der Waals surface area (Å²) < 4.78 is 0. The van der Waals surface area contributed by atoms with Crippen molar-refractivity contribution in [3.8, 4) is 0 Å². The van der Waals surface area contributed by atoms with Crippen LogP contribution in [0.5, 0.6) is 0 Å². The van der Waals surface area contributed by atoms with Gasteiger partial charge >= 0.3 is 5.97 Å². The van der Waals surface area contributed by atoms with Gasteiger partial charge in [-0.3, -0.25) is 9.78 Å². The van der Waals surface area contributed by atoms with Crippen LogP contribution in [-0.2, 0) is 4.79 Å². The number of carboxylic acid groups (broad SMARTS) is 1. The highest BCUT2D eigenvalue weighted by Gasteiger charge is 2.34. The monoisotopic (exact) mass is 270 g/mol.